The minimum atomic E-state index is -1.46. The first-order valence-corrected chi connectivity index (χ1v) is 6.86. The molecule has 0 bridgehead atoms. The van der Waals surface area contributed by atoms with E-state index in [0.717, 1.165) is 12.8 Å². The lowest BCUT2D eigenvalue weighted by molar-refractivity contribution is -0.141. The second-order valence-electron chi connectivity index (χ2n) is 5.79. The maximum Gasteiger partial charge on any atom is 0.317 e. The Morgan fingerprint density at radius 2 is 1.95 bits per heavy atom. The highest BCUT2D eigenvalue weighted by Crippen LogP contribution is 2.20. The lowest BCUT2D eigenvalue weighted by Gasteiger charge is -2.34. The fraction of sp³-hybridized carbons (Fsp3) is 0.846. The molecule has 1 aliphatic rings. The van der Waals surface area contributed by atoms with Crippen LogP contribution in [-0.2, 0) is 4.79 Å². The first-order chi connectivity index (χ1) is 9.21. The summed E-state index contributed by atoms with van der Waals surface area (Å²) < 4.78 is 0. The van der Waals surface area contributed by atoms with E-state index < -0.39 is 18.0 Å². The van der Waals surface area contributed by atoms with Crippen molar-refractivity contribution in [1.82, 2.24) is 10.2 Å². The largest absolute Gasteiger partial charge is 0.481 e. The van der Waals surface area contributed by atoms with Gasteiger partial charge in [0.15, 0.2) is 0 Å². The smallest absolute Gasteiger partial charge is 0.317 e. The van der Waals surface area contributed by atoms with Gasteiger partial charge in [-0.2, -0.15) is 0 Å². The van der Waals surface area contributed by atoms with Gasteiger partial charge in [0, 0.05) is 19.6 Å². The number of carbonyl (C=O) groups excluding carboxylic acids is 1. The van der Waals surface area contributed by atoms with E-state index in [2.05, 4.69) is 5.32 Å². The number of aliphatic carboxylic acids is 1. The predicted molar refractivity (Wildman–Crippen MR) is 72.3 cm³/mol. The molecule has 0 saturated carbocycles. The van der Waals surface area contributed by atoms with Crippen molar-refractivity contribution in [2.45, 2.75) is 44.8 Å². The fourth-order valence-electron chi connectivity index (χ4n) is 2.35. The molecule has 0 aromatic carbocycles. The average Bonchev–Trinajstić information content (AvgIpc) is 2.34. The van der Waals surface area contributed by atoms with Crippen molar-refractivity contribution in [1.29, 1.82) is 0 Å². The Balaban J connectivity index is 2.35. The van der Waals surface area contributed by atoms with E-state index in [4.69, 9.17) is 5.11 Å². The van der Waals surface area contributed by atoms with Crippen molar-refractivity contribution in [3.8, 4) is 0 Å². The highest BCUT2D eigenvalue weighted by atomic mass is 16.4. The van der Waals surface area contributed by atoms with Crippen LogP contribution in [0.15, 0.2) is 0 Å². The highest BCUT2D eigenvalue weighted by Gasteiger charge is 2.28. The number of nitrogens with one attached hydrogen (secondary N) is 1. The number of piperidine rings is 1. The second kappa shape index (κ2) is 6.90. The lowest BCUT2D eigenvalue weighted by atomic mass is 9.92. The molecule has 2 unspecified atom stereocenters. The molecule has 0 spiro atoms. The first-order valence-electron chi connectivity index (χ1n) is 6.86. The summed E-state index contributed by atoms with van der Waals surface area (Å²) in [6.45, 7) is 4.14. The molecule has 1 fully saturated rings. The summed E-state index contributed by atoms with van der Waals surface area (Å²) in [6, 6.07) is -0.306. The summed E-state index contributed by atoms with van der Waals surface area (Å²) in [4.78, 5) is 24.1. The van der Waals surface area contributed by atoms with Gasteiger partial charge >= 0.3 is 12.0 Å². The van der Waals surface area contributed by atoms with E-state index in [1.165, 1.54) is 6.92 Å². The summed E-state index contributed by atoms with van der Waals surface area (Å²) in [5.41, 5.74) is -1.46. The number of rotatable bonds is 5. The molecule has 1 heterocycles. The number of hydrogen-bond acceptors (Lipinski definition) is 4. The van der Waals surface area contributed by atoms with Crippen molar-refractivity contribution < 1.29 is 24.9 Å². The average molecular weight is 288 g/mol. The number of urea groups is 1. The molecule has 2 amide bonds. The third kappa shape index (κ3) is 5.34. The molecule has 0 radical (unpaired) electrons. The van der Waals surface area contributed by atoms with Crippen LogP contribution in [0.3, 0.4) is 0 Å². The Kier molecular flexibility index (Phi) is 5.76. The van der Waals surface area contributed by atoms with Gasteiger partial charge in [0.05, 0.1) is 18.1 Å². The summed E-state index contributed by atoms with van der Waals surface area (Å²) in [7, 11) is 0. The number of carboxylic acid groups (broad SMARTS) is 1. The van der Waals surface area contributed by atoms with Crippen LogP contribution in [0.5, 0.6) is 0 Å². The topological polar surface area (TPSA) is 110 Å². The Bertz CT molecular complexity index is 349. The zero-order chi connectivity index (χ0) is 15.3. The van der Waals surface area contributed by atoms with E-state index in [1.54, 1.807) is 11.8 Å². The SMILES string of the molecule is CC(O)C1CCN(C(=O)NCC(C)(O)CC(=O)O)CC1. The fourth-order valence-corrected chi connectivity index (χ4v) is 2.35. The van der Waals surface area contributed by atoms with Crippen LogP contribution in [0.2, 0.25) is 0 Å². The van der Waals surface area contributed by atoms with Crippen molar-refractivity contribution in [2.75, 3.05) is 19.6 Å². The van der Waals surface area contributed by atoms with E-state index in [1.807, 2.05) is 0 Å². The first kappa shape index (κ1) is 16.7. The zero-order valence-electron chi connectivity index (χ0n) is 12.0. The number of amides is 2. The van der Waals surface area contributed by atoms with Crippen LogP contribution in [0.25, 0.3) is 0 Å². The second-order valence-corrected chi connectivity index (χ2v) is 5.79. The van der Waals surface area contributed by atoms with Crippen LogP contribution in [0.4, 0.5) is 4.79 Å². The van der Waals surface area contributed by atoms with Crippen LogP contribution >= 0.6 is 0 Å². The van der Waals surface area contributed by atoms with Gasteiger partial charge in [-0.1, -0.05) is 0 Å². The normalized spacial score (nSPS) is 21.1. The van der Waals surface area contributed by atoms with Crippen LogP contribution in [-0.4, -0.2) is 63.6 Å². The number of likely N-dealkylation sites (tertiary alicyclic amines) is 1. The standard InChI is InChI=1S/C13H24N2O5/c1-9(16)10-3-5-15(6-4-10)12(19)14-8-13(2,20)7-11(17)18/h9-10,16,20H,3-8H2,1-2H3,(H,14,19)(H,17,18). The molecule has 4 N–H and O–H groups in total. The number of hydrogen-bond donors (Lipinski definition) is 4. The van der Waals surface area contributed by atoms with Crippen molar-refractivity contribution in [2.24, 2.45) is 5.92 Å². The number of carbonyl (C=O) groups is 2. The third-order valence-corrected chi connectivity index (χ3v) is 3.66. The molecule has 1 aliphatic heterocycles. The minimum absolute atomic E-state index is 0.103. The molecular weight excluding hydrogens is 264 g/mol. The Morgan fingerprint density at radius 1 is 1.40 bits per heavy atom. The summed E-state index contributed by atoms with van der Waals surface area (Å²) in [5, 5.41) is 30.5. The molecule has 0 aromatic rings. The molecule has 1 rings (SSSR count). The van der Waals surface area contributed by atoms with Crippen LogP contribution in [0, 0.1) is 5.92 Å². The van der Waals surface area contributed by atoms with Crippen LogP contribution < -0.4 is 5.32 Å². The van der Waals surface area contributed by atoms with Gasteiger partial charge in [-0.05, 0) is 32.6 Å². The Morgan fingerprint density at radius 3 is 2.40 bits per heavy atom. The maximum atomic E-state index is 11.9. The Labute approximate surface area is 118 Å². The maximum absolute atomic E-state index is 11.9. The van der Waals surface area contributed by atoms with Crippen molar-refractivity contribution >= 4 is 12.0 Å². The molecule has 0 aliphatic carbocycles. The molecular formula is C13H24N2O5. The van der Waals surface area contributed by atoms with Gasteiger partial charge in [0.25, 0.3) is 0 Å². The highest BCUT2D eigenvalue weighted by molar-refractivity contribution is 5.74. The minimum Gasteiger partial charge on any atom is -0.481 e. The number of nitrogens with zero attached hydrogens (tertiary/aromatic N) is 1. The zero-order valence-corrected chi connectivity index (χ0v) is 12.0. The van der Waals surface area contributed by atoms with Gasteiger partial charge in [-0.3, -0.25) is 4.79 Å². The van der Waals surface area contributed by atoms with E-state index >= 15 is 0 Å². The molecule has 2 atom stereocenters. The molecule has 20 heavy (non-hydrogen) atoms. The lowest BCUT2D eigenvalue weighted by Crippen LogP contribution is -2.50. The summed E-state index contributed by atoms with van der Waals surface area (Å²) >= 11 is 0. The summed E-state index contributed by atoms with van der Waals surface area (Å²) in [5.74, 6) is -0.892. The van der Waals surface area contributed by atoms with Gasteiger partial charge in [-0.15, -0.1) is 0 Å². The molecule has 0 aromatic heterocycles. The van der Waals surface area contributed by atoms with Gasteiger partial charge in [-0.25, -0.2) is 4.79 Å². The third-order valence-electron chi connectivity index (χ3n) is 3.66. The summed E-state index contributed by atoms with van der Waals surface area (Å²) in [6.07, 6.45) is 0.710. The monoisotopic (exact) mass is 288 g/mol. The number of aliphatic hydroxyl groups excluding tert-OH is 1. The molecule has 7 nitrogen and oxygen atoms in total. The van der Waals surface area contributed by atoms with Crippen molar-refractivity contribution in [3.05, 3.63) is 0 Å². The molecule has 7 heteroatoms. The number of carboxylic acids is 1. The van der Waals surface area contributed by atoms with E-state index in [0.29, 0.717) is 13.1 Å². The van der Waals surface area contributed by atoms with Gasteiger partial charge in [0.2, 0.25) is 0 Å². The quantitative estimate of drug-likeness (QED) is 0.570. The van der Waals surface area contributed by atoms with Crippen molar-refractivity contribution in [3.63, 3.8) is 0 Å². The van der Waals surface area contributed by atoms with Gasteiger partial charge < -0.3 is 25.5 Å². The van der Waals surface area contributed by atoms with E-state index in [-0.39, 0.29) is 24.6 Å². The van der Waals surface area contributed by atoms with Gasteiger partial charge in [0.1, 0.15) is 0 Å². The number of aliphatic hydroxyl groups is 2. The Hall–Kier alpha value is -1.34. The van der Waals surface area contributed by atoms with Crippen LogP contribution in [0.1, 0.15) is 33.1 Å². The molecule has 1 saturated heterocycles. The molecule has 116 valence electrons. The van der Waals surface area contributed by atoms with E-state index in [9.17, 15) is 19.8 Å². The predicted octanol–water partition coefficient (Wildman–Crippen LogP) is 0.0145.